The van der Waals surface area contributed by atoms with Crippen LogP contribution < -0.4 is 5.73 Å². The zero-order chi connectivity index (χ0) is 18.2. The molecule has 1 aliphatic carbocycles. The molecule has 0 bridgehead atoms. The Morgan fingerprint density at radius 1 is 1.20 bits per heavy atom. The molecule has 0 heterocycles. The number of carbonyl (C=O) groups is 1. The molecule has 3 atom stereocenters. The maximum absolute atomic E-state index is 13.6. The molecule has 2 aromatic carbocycles. The molecule has 0 aliphatic heterocycles. The quantitative estimate of drug-likeness (QED) is 0.822. The second-order valence-corrected chi connectivity index (χ2v) is 8.03. The van der Waals surface area contributed by atoms with Gasteiger partial charge in [-0.3, -0.25) is 0 Å². The molecular weight excluding hydrogens is 345 g/mol. The number of esters is 1. The number of halogens is 1. The van der Waals surface area contributed by atoms with Gasteiger partial charge in [0, 0.05) is 5.92 Å². The van der Waals surface area contributed by atoms with Gasteiger partial charge in [-0.2, -0.15) is 0 Å². The fraction of sp³-hybridized carbons (Fsp3) is 0.278. The molecule has 1 fully saturated rings. The van der Waals surface area contributed by atoms with Crippen molar-refractivity contribution in [3.05, 3.63) is 66.0 Å². The molecule has 0 aromatic heterocycles. The lowest BCUT2D eigenvalue weighted by molar-refractivity contribution is -0.145. The Labute approximate surface area is 145 Å². The molecule has 1 aliphatic rings. The lowest BCUT2D eigenvalue weighted by Crippen LogP contribution is -2.41. The van der Waals surface area contributed by atoms with Gasteiger partial charge < -0.3 is 10.5 Å². The van der Waals surface area contributed by atoms with Gasteiger partial charge in [0.25, 0.3) is 0 Å². The number of ether oxygens (including phenoxy) is 1. The zero-order valence-electron chi connectivity index (χ0n) is 13.6. The van der Waals surface area contributed by atoms with Crippen molar-refractivity contribution in [2.45, 2.75) is 28.5 Å². The summed E-state index contributed by atoms with van der Waals surface area (Å²) < 4.78 is 44.6. The first-order chi connectivity index (χ1) is 11.8. The number of nitrogens with two attached hydrogens (primary N) is 1. The van der Waals surface area contributed by atoms with Gasteiger partial charge in [0.15, 0.2) is 9.84 Å². The first-order valence-corrected chi connectivity index (χ1v) is 9.38. The fourth-order valence-electron chi connectivity index (χ4n) is 3.22. The smallest absolute Gasteiger partial charge is 0.328 e. The van der Waals surface area contributed by atoms with Crippen molar-refractivity contribution >= 4 is 15.8 Å². The molecule has 25 heavy (non-hydrogen) atoms. The Morgan fingerprint density at radius 3 is 2.48 bits per heavy atom. The van der Waals surface area contributed by atoms with Gasteiger partial charge in [0.05, 0.1) is 11.5 Å². The highest BCUT2D eigenvalue weighted by Gasteiger charge is 2.74. The van der Waals surface area contributed by atoms with Crippen LogP contribution in [0.2, 0.25) is 0 Å². The zero-order valence-corrected chi connectivity index (χ0v) is 14.4. The van der Waals surface area contributed by atoms with Gasteiger partial charge in [-0.15, -0.1) is 0 Å². The average Bonchev–Trinajstić information content (AvgIpc) is 3.24. The van der Waals surface area contributed by atoms with Crippen LogP contribution in [0, 0.1) is 5.82 Å². The molecule has 132 valence electrons. The lowest BCUT2D eigenvalue weighted by Gasteiger charge is -2.11. The Hall–Kier alpha value is -2.25. The highest BCUT2D eigenvalue weighted by Crippen LogP contribution is 2.56. The summed E-state index contributed by atoms with van der Waals surface area (Å²) in [6, 6.07) is 13.2. The summed E-state index contributed by atoms with van der Waals surface area (Å²) >= 11 is 0. The third kappa shape index (κ3) is 2.83. The van der Waals surface area contributed by atoms with Crippen LogP contribution in [-0.2, 0) is 19.4 Å². The van der Waals surface area contributed by atoms with E-state index in [2.05, 4.69) is 0 Å². The van der Waals surface area contributed by atoms with Crippen LogP contribution in [0.1, 0.15) is 18.4 Å². The van der Waals surface area contributed by atoms with E-state index in [9.17, 15) is 17.6 Å². The van der Waals surface area contributed by atoms with Gasteiger partial charge in [-0.25, -0.2) is 17.6 Å². The van der Waals surface area contributed by atoms with E-state index in [1.807, 2.05) is 0 Å². The summed E-state index contributed by atoms with van der Waals surface area (Å²) in [7, 11) is -3.90. The van der Waals surface area contributed by atoms with Crippen molar-refractivity contribution in [1.29, 1.82) is 0 Å². The molecule has 2 aromatic rings. The summed E-state index contributed by atoms with van der Waals surface area (Å²) in [6.07, 6.45) is 0. The van der Waals surface area contributed by atoms with Gasteiger partial charge in [0.2, 0.25) is 0 Å². The SMILES string of the molecule is CCOC(=O)[C@@]1(N)[C@H](S(=O)(=O)c2ccccc2)[C@@H]1c1cccc(F)c1. The minimum absolute atomic E-state index is 0.0676. The number of benzene rings is 2. The number of hydrogen-bond donors (Lipinski definition) is 1. The molecule has 3 rings (SSSR count). The third-order valence-corrected chi connectivity index (χ3v) is 6.68. The normalized spacial score (nSPS) is 25.4. The van der Waals surface area contributed by atoms with Crippen molar-refractivity contribution in [2.75, 3.05) is 6.61 Å². The van der Waals surface area contributed by atoms with Crippen molar-refractivity contribution in [3.63, 3.8) is 0 Å². The Bertz CT molecular complexity index is 900. The first-order valence-electron chi connectivity index (χ1n) is 7.84. The molecule has 1 saturated carbocycles. The van der Waals surface area contributed by atoms with Gasteiger partial charge in [-0.05, 0) is 36.8 Å². The molecule has 0 amide bonds. The maximum Gasteiger partial charge on any atom is 0.328 e. The van der Waals surface area contributed by atoms with Crippen molar-refractivity contribution in [2.24, 2.45) is 5.73 Å². The van der Waals surface area contributed by atoms with Crippen LogP contribution in [0.5, 0.6) is 0 Å². The summed E-state index contributed by atoms with van der Waals surface area (Å²) in [5.74, 6) is -2.19. The number of rotatable bonds is 5. The fourth-order valence-corrected chi connectivity index (χ4v) is 5.46. The molecule has 0 saturated heterocycles. The second-order valence-electron chi connectivity index (χ2n) is 5.96. The number of carbonyl (C=O) groups excluding carboxylic acids is 1. The number of sulfone groups is 1. The van der Waals surface area contributed by atoms with E-state index in [-0.39, 0.29) is 11.5 Å². The summed E-state index contributed by atoms with van der Waals surface area (Å²) in [5, 5.41) is -1.21. The van der Waals surface area contributed by atoms with Crippen LogP contribution in [0.4, 0.5) is 4.39 Å². The van der Waals surface area contributed by atoms with E-state index in [4.69, 9.17) is 10.5 Å². The number of hydrogen-bond acceptors (Lipinski definition) is 5. The maximum atomic E-state index is 13.6. The van der Waals surface area contributed by atoms with Gasteiger partial charge in [0.1, 0.15) is 16.6 Å². The first kappa shape index (κ1) is 17.6. The van der Waals surface area contributed by atoms with Gasteiger partial charge >= 0.3 is 5.97 Å². The molecule has 0 radical (unpaired) electrons. The monoisotopic (exact) mass is 363 g/mol. The van der Waals surface area contributed by atoms with Crippen LogP contribution in [-0.4, -0.2) is 31.8 Å². The van der Waals surface area contributed by atoms with Gasteiger partial charge in [-0.1, -0.05) is 30.3 Å². The summed E-state index contributed by atoms with van der Waals surface area (Å²) in [4.78, 5) is 12.4. The van der Waals surface area contributed by atoms with Crippen molar-refractivity contribution in [3.8, 4) is 0 Å². The van der Waals surface area contributed by atoms with E-state index in [1.165, 1.54) is 30.3 Å². The van der Waals surface area contributed by atoms with E-state index in [0.717, 1.165) is 0 Å². The predicted octanol–water partition coefficient (Wildman–Crippen LogP) is 2.03. The molecule has 0 spiro atoms. The highest BCUT2D eigenvalue weighted by molar-refractivity contribution is 7.92. The Morgan fingerprint density at radius 2 is 1.88 bits per heavy atom. The minimum atomic E-state index is -3.90. The predicted molar refractivity (Wildman–Crippen MR) is 90.1 cm³/mol. The Kier molecular flexibility index (Phi) is 4.38. The minimum Gasteiger partial charge on any atom is -0.465 e. The molecule has 7 heteroatoms. The van der Waals surface area contributed by atoms with Crippen LogP contribution in [0.3, 0.4) is 0 Å². The van der Waals surface area contributed by atoms with Crippen molar-refractivity contribution in [1.82, 2.24) is 0 Å². The lowest BCUT2D eigenvalue weighted by atomic mass is 10.1. The topological polar surface area (TPSA) is 86.5 Å². The van der Waals surface area contributed by atoms with Crippen molar-refractivity contribution < 1.29 is 22.3 Å². The molecule has 5 nitrogen and oxygen atoms in total. The average molecular weight is 363 g/mol. The van der Waals surface area contributed by atoms with Crippen LogP contribution in [0.25, 0.3) is 0 Å². The molecule has 0 unspecified atom stereocenters. The van der Waals surface area contributed by atoms with Crippen LogP contribution in [0.15, 0.2) is 59.5 Å². The van der Waals surface area contributed by atoms with E-state index in [0.29, 0.717) is 5.56 Å². The van der Waals surface area contributed by atoms with E-state index in [1.54, 1.807) is 31.2 Å². The molecule has 2 N–H and O–H groups in total. The van der Waals surface area contributed by atoms with E-state index < -0.39 is 38.3 Å². The molecular formula is C18H18FNO4S. The summed E-state index contributed by atoms with van der Waals surface area (Å²) in [5.41, 5.74) is 4.82. The summed E-state index contributed by atoms with van der Waals surface area (Å²) in [6.45, 7) is 1.69. The van der Waals surface area contributed by atoms with E-state index >= 15 is 0 Å². The standard InChI is InChI=1S/C18H18FNO4S/c1-2-24-17(21)18(20)15(12-7-6-8-13(19)11-12)16(18)25(22,23)14-9-4-3-5-10-14/h3-11,15-16H,2,20H2,1H3/t15-,16+,18-/m0/s1. The highest BCUT2D eigenvalue weighted by atomic mass is 32.2. The largest absolute Gasteiger partial charge is 0.465 e. The second kappa shape index (κ2) is 6.24. The third-order valence-electron chi connectivity index (χ3n) is 4.42. The van der Waals surface area contributed by atoms with Crippen LogP contribution >= 0.6 is 0 Å². The Balaban J connectivity index is 2.08.